The third kappa shape index (κ3) is 3.69. The highest BCUT2D eigenvalue weighted by atomic mass is 16.5. The third-order valence-electron chi connectivity index (χ3n) is 5.01. The lowest BCUT2D eigenvalue weighted by atomic mass is 10.2. The molecule has 4 heterocycles. The first-order valence-electron chi connectivity index (χ1n) is 9.95. The van der Waals surface area contributed by atoms with E-state index in [0.717, 1.165) is 30.0 Å². The fraction of sp³-hybridized carbons (Fsp3) is 0.273. The molecule has 0 amide bonds. The lowest BCUT2D eigenvalue weighted by Gasteiger charge is -2.27. The van der Waals surface area contributed by atoms with Crippen LogP contribution in [0.2, 0.25) is 0 Å². The Bertz CT molecular complexity index is 1150. The molecule has 3 aromatic heterocycles. The van der Waals surface area contributed by atoms with Crippen LogP contribution < -0.4 is 9.64 Å². The van der Waals surface area contributed by atoms with E-state index in [9.17, 15) is 0 Å². The van der Waals surface area contributed by atoms with E-state index >= 15 is 0 Å². The fourth-order valence-corrected chi connectivity index (χ4v) is 3.41. The maximum absolute atomic E-state index is 6.10. The van der Waals surface area contributed by atoms with Crippen LogP contribution in [-0.4, -0.2) is 50.8 Å². The second-order valence-corrected chi connectivity index (χ2v) is 7.18. The molecule has 0 atom stereocenters. The van der Waals surface area contributed by atoms with Gasteiger partial charge < -0.3 is 14.4 Å². The topological polar surface area (TPSA) is 78.2 Å². The molecule has 5 rings (SSSR count). The first-order valence-corrected chi connectivity index (χ1v) is 9.95. The van der Waals surface area contributed by atoms with Crippen molar-refractivity contribution in [2.24, 2.45) is 0 Å². The van der Waals surface area contributed by atoms with Crippen molar-refractivity contribution >= 4 is 17.1 Å². The van der Waals surface area contributed by atoms with Crippen LogP contribution in [0.4, 0.5) is 5.95 Å². The van der Waals surface area contributed by atoms with Gasteiger partial charge in [-0.05, 0) is 30.2 Å². The molecular formula is C22H22N6O2. The van der Waals surface area contributed by atoms with Crippen LogP contribution in [0.25, 0.3) is 17.0 Å². The SMILES string of the molecule is Cc1ccnc(-n2cnc3c(OCc4ccccc4)nc(N4CCOCC4)nc32)c1. The summed E-state index contributed by atoms with van der Waals surface area (Å²) in [4.78, 5) is 20.7. The molecule has 4 aromatic rings. The van der Waals surface area contributed by atoms with Crippen LogP contribution in [0.15, 0.2) is 55.0 Å². The standard InChI is InChI=1S/C22H22N6O2/c1-16-7-8-23-18(13-16)28-15-24-19-20(28)25-22(27-9-11-29-12-10-27)26-21(19)30-14-17-5-3-2-4-6-17/h2-8,13,15H,9-12,14H2,1H3. The Morgan fingerprint density at radius 1 is 1.03 bits per heavy atom. The molecule has 152 valence electrons. The maximum atomic E-state index is 6.10. The molecule has 0 aliphatic carbocycles. The van der Waals surface area contributed by atoms with E-state index in [-0.39, 0.29) is 0 Å². The summed E-state index contributed by atoms with van der Waals surface area (Å²) >= 11 is 0. The van der Waals surface area contributed by atoms with Gasteiger partial charge >= 0.3 is 0 Å². The van der Waals surface area contributed by atoms with Gasteiger partial charge in [0.15, 0.2) is 11.2 Å². The number of anilines is 1. The summed E-state index contributed by atoms with van der Waals surface area (Å²) in [5.41, 5.74) is 3.47. The predicted molar refractivity (Wildman–Crippen MR) is 113 cm³/mol. The van der Waals surface area contributed by atoms with Gasteiger partial charge in [0.1, 0.15) is 18.8 Å². The molecule has 1 saturated heterocycles. The van der Waals surface area contributed by atoms with Gasteiger partial charge in [0.05, 0.1) is 13.2 Å². The van der Waals surface area contributed by atoms with Crippen molar-refractivity contribution in [2.45, 2.75) is 13.5 Å². The minimum Gasteiger partial charge on any atom is -0.471 e. The summed E-state index contributed by atoms with van der Waals surface area (Å²) < 4.78 is 13.5. The molecule has 1 aliphatic rings. The minimum atomic E-state index is 0.408. The van der Waals surface area contributed by atoms with Crippen molar-refractivity contribution in [2.75, 3.05) is 31.2 Å². The Morgan fingerprint density at radius 2 is 1.87 bits per heavy atom. The van der Waals surface area contributed by atoms with Crippen LogP contribution in [0, 0.1) is 6.92 Å². The van der Waals surface area contributed by atoms with Gasteiger partial charge in [0.2, 0.25) is 11.8 Å². The first-order chi connectivity index (χ1) is 14.8. The second-order valence-electron chi connectivity index (χ2n) is 7.18. The lowest BCUT2D eigenvalue weighted by molar-refractivity contribution is 0.122. The molecule has 0 spiro atoms. The third-order valence-corrected chi connectivity index (χ3v) is 5.01. The zero-order valence-electron chi connectivity index (χ0n) is 16.7. The molecule has 30 heavy (non-hydrogen) atoms. The van der Waals surface area contributed by atoms with Crippen LogP contribution in [0.5, 0.6) is 5.88 Å². The molecule has 1 fully saturated rings. The van der Waals surface area contributed by atoms with Crippen molar-refractivity contribution < 1.29 is 9.47 Å². The van der Waals surface area contributed by atoms with Crippen molar-refractivity contribution in [3.63, 3.8) is 0 Å². The minimum absolute atomic E-state index is 0.408. The van der Waals surface area contributed by atoms with Crippen LogP contribution in [-0.2, 0) is 11.3 Å². The van der Waals surface area contributed by atoms with Crippen molar-refractivity contribution in [3.05, 3.63) is 66.1 Å². The Hall–Kier alpha value is -3.52. The average Bonchev–Trinajstić information content (AvgIpc) is 3.23. The Balaban J connectivity index is 1.58. The van der Waals surface area contributed by atoms with Crippen molar-refractivity contribution in [1.29, 1.82) is 0 Å². The Labute approximate surface area is 174 Å². The zero-order chi connectivity index (χ0) is 20.3. The van der Waals surface area contributed by atoms with Gasteiger partial charge in [-0.3, -0.25) is 4.57 Å². The van der Waals surface area contributed by atoms with Crippen LogP contribution in [0.1, 0.15) is 11.1 Å². The Kier molecular flexibility index (Phi) is 4.98. The smallest absolute Gasteiger partial charge is 0.247 e. The number of fused-ring (bicyclic) bond motifs is 1. The molecule has 0 radical (unpaired) electrons. The maximum Gasteiger partial charge on any atom is 0.247 e. The van der Waals surface area contributed by atoms with Crippen molar-refractivity contribution in [1.82, 2.24) is 24.5 Å². The number of morpholine rings is 1. The number of aromatic nitrogens is 5. The monoisotopic (exact) mass is 402 g/mol. The number of aryl methyl sites for hydroxylation is 1. The number of hydrogen-bond donors (Lipinski definition) is 0. The first kappa shape index (κ1) is 18.5. The number of hydrogen-bond acceptors (Lipinski definition) is 7. The molecule has 0 unspecified atom stereocenters. The largest absolute Gasteiger partial charge is 0.471 e. The normalized spacial score (nSPS) is 14.2. The Morgan fingerprint density at radius 3 is 2.67 bits per heavy atom. The fourth-order valence-electron chi connectivity index (χ4n) is 3.41. The van der Waals surface area contributed by atoms with Crippen molar-refractivity contribution in [3.8, 4) is 11.7 Å². The lowest BCUT2D eigenvalue weighted by Crippen LogP contribution is -2.37. The summed E-state index contributed by atoms with van der Waals surface area (Å²) in [5.74, 6) is 1.85. The number of benzene rings is 1. The number of pyridine rings is 1. The molecule has 0 bridgehead atoms. The quantitative estimate of drug-likeness (QED) is 0.508. The van der Waals surface area contributed by atoms with Gasteiger partial charge in [-0.1, -0.05) is 30.3 Å². The van der Waals surface area contributed by atoms with Gasteiger partial charge in [-0.2, -0.15) is 9.97 Å². The molecule has 1 aliphatic heterocycles. The van der Waals surface area contributed by atoms with E-state index in [1.165, 1.54) is 0 Å². The molecule has 8 heteroatoms. The summed E-state index contributed by atoms with van der Waals surface area (Å²) in [6.45, 7) is 5.22. The average molecular weight is 402 g/mol. The van der Waals surface area contributed by atoms with Gasteiger partial charge in [-0.25, -0.2) is 9.97 Å². The zero-order valence-corrected chi connectivity index (χ0v) is 16.7. The van der Waals surface area contributed by atoms with E-state index in [1.807, 2.05) is 54.0 Å². The molecule has 1 aromatic carbocycles. The van der Waals surface area contributed by atoms with Gasteiger partial charge in [-0.15, -0.1) is 0 Å². The van der Waals surface area contributed by atoms with E-state index in [4.69, 9.17) is 19.4 Å². The summed E-state index contributed by atoms with van der Waals surface area (Å²) in [6.07, 6.45) is 3.51. The highest BCUT2D eigenvalue weighted by molar-refractivity contribution is 5.79. The van der Waals surface area contributed by atoms with E-state index < -0.39 is 0 Å². The van der Waals surface area contributed by atoms with Gasteiger partial charge in [0.25, 0.3) is 0 Å². The molecular weight excluding hydrogens is 380 g/mol. The number of imidazole rings is 1. The second kappa shape index (κ2) is 8.08. The number of rotatable bonds is 5. The summed E-state index contributed by atoms with van der Waals surface area (Å²) in [5, 5.41) is 0. The number of ether oxygens (including phenoxy) is 2. The molecule has 0 saturated carbocycles. The summed E-state index contributed by atoms with van der Waals surface area (Å²) in [7, 11) is 0. The predicted octanol–water partition coefficient (Wildman–Crippen LogP) is 2.93. The van der Waals surface area contributed by atoms with E-state index in [1.54, 1.807) is 12.5 Å². The van der Waals surface area contributed by atoms with E-state index in [0.29, 0.717) is 42.8 Å². The summed E-state index contributed by atoms with van der Waals surface area (Å²) in [6, 6.07) is 14.0. The van der Waals surface area contributed by atoms with E-state index in [2.05, 4.69) is 14.9 Å². The molecule has 8 nitrogen and oxygen atoms in total. The molecule has 0 N–H and O–H groups in total. The highest BCUT2D eigenvalue weighted by Gasteiger charge is 2.21. The van der Waals surface area contributed by atoms with Crippen LogP contribution in [0.3, 0.4) is 0 Å². The van der Waals surface area contributed by atoms with Gasteiger partial charge in [0, 0.05) is 19.3 Å². The van der Waals surface area contributed by atoms with Crippen LogP contribution >= 0.6 is 0 Å². The highest BCUT2D eigenvalue weighted by Crippen LogP contribution is 2.27. The number of nitrogens with zero attached hydrogens (tertiary/aromatic N) is 6.